The molecule has 12 rings (SSSR count). The first kappa shape index (κ1) is 40.0. The quantitative estimate of drug-likeness (QED) is 0.156. The van der Waals surface area contributed by atoms with Gasteiger partial charge in [-0.15, -0.1) is 35.7 Å². The predicted molar refractivity (Wildman–Crippen MR) is 321 cm³/mol. The van der Waals surface area contributed by atoms with E-state index < -0.39 is 48.7 Å². The van der Waals surface area contributed by atoms with Gasteiger partial charge in [0.15, 0.2) is 0 Å². The summed E-state index contributed by atoms with van der Waals surface area (Å²) < 4.78 is 112. The maximum Gasteiger partial charge on any atom is 0.135 e. The molecule has 1 aliphatic heterocycles. The summed E-state index contributed by atoms with van der Waals surface area (Å²) >= 11 is 0. The standard InChI is InChI=1S/C71H67N4O.Pt/c1-68(2,3)43-45-31-33-60-56-26-16-14-24-54(56)53-23-13-15-25-55(53)59-28-20-30-62-66(59)74(67(60)65(45)46-37-48(70(7,8)9)39-49(38-46)71(10,11)12)44-73(62)50-21-19-22-51(41-50)76-52-32-34-58-57-27-17-18-29-61(57)75(63(58)42-52)64-40-47(35-36-72-64)69(4,5)6;/h13-40,44H,43H2,1-12H3;/q-3;/i7D3,8D3,9D3,43D2;. The summed E-state index contributed by atoms with van der Waals surface area (Å²) in [5, 5.41) is 7.09. The van der Waals surface area contributed by atoms with E-state index in [1.807, 2.05) is 162 Å². The van der Waals surface area contributed by atoms with Crippen molar-refractivity contribution in [3.8, 4) is 28.4 Å². The fraction of sp³-hybridized carbons (Fsp3) is 0.239. The molecule has 0 aliphatic carbocycles. The van der Waals surface area contributed by atoms with Gasteiger partial charge < -0.3 is 18.8 Å². The maximum absolute atomic E-state index is 10.2. The summed E-state index contributed by atoms with van der Waals surface area (Å²) in [6.45, 7) is 8.85. The van der Waals surface area contributed by atoms with Crippen LogP contribution >= 0.6 is 0 Å². The van der Waals surface area contributed by atoms with E-state index in [0.717, 1.165) is 71.3 Å². The molecular formula is C71H67N4OPt-3. The van der Waals surface area contributed by atoms with Gasteiger partial charge in [-0.3, -0.25) is 0 Å². The number of rotatable bonds is 6. The van der Waals surface area contributed by atoms with Crippen molar-refractivity contribution in [1.82, 2.24) is 14.1 Å². The van der Waals surface area contributed by atoms with Crippen LogP contribution in [0.5, 0.6) is 11.5 Å². The second kappa shape index (κ2) is 19.0. The first-order chi connectivity index (χ1) is 40.7. The van der Waals surface area contributed by atoms with Crippen molar-refractivity contribution >= 4 is 76.5 Å². The average molecular weight is 1200 g/mol. The third-order valence-corrected chi connectivity index (χ3v) is 14.5. The minimum Gasteiger partial charge on any atom is -0.509 e. The summed E-state index contributed by atoms with van der Waals surface area (Å²) in [5.41, 5.74) is 0.890. The number of hydrogen-bond acceptors (Lipinski definition) is 3. The molecule has 77 heavy (non-hydrogen) atoms. The summed E-state index contributed by atoms with van der Waals surface area (Å²) in [4.78, 5) is 6.88. The zero-order chi connectivity index (χ0) is 62.3. The van der Waals surface area contributed by atoms with E-state index in [2.05, 4.69) is 84.5 Å². The Labute approximate surface area is 484 Å². The van der Waals surface area contributed by atoms with E-state index in [9.17, 15) is 2.74 Å². The second-order valence-corrected chi connectivity index (χ2v) is 23.3. The van der Waals surface area contributed by atoms with E-state index in [-0.39, 0.29) is 37.6 Å². The van der Waals surface area contributed by atoms with Gasteiger partial charge in [0, 0.05) is 65.0 Å². The SMILES string of the molecule is [2H]C([2H])([2H])C(c1cc(-c2c(C([2H])([2H])C(C)(C)C)ccc3c4ccccc4c4ccccc4c4cccc5c4n(c23)[CH-]N5c2[c-]c(Oc3[c-]c4c(cc3)c3ccccc3n4-c3cc(C(C)(C)C)ccn3)ccc2)cc(C(C)(C)C)c1)(C([2H])([2H])[2H])C([2H])([2H])[2H].[Pt]. The smallest absolute Gasteiger partial charge is 0.135 e. The van der Waals surface area contributed by atoms with Crippen molar-refractivity contribution < 1.29 is 40.9 Å². The van der Waals surface area contributed by atoms with E-state index in [1.165, 1.54) is 12.1 Å². The Morgan fingerprint density at radius 1 is 0.545 bits per heavy atom. The van der Waals surface area contributed by atoms with Crippen LogP contribution in [0.15, 0.2) is 170 Å². The van der Waals surface area contributed by atoms with Gasteiger partial charge in [-0.25, -0.2) is 4.98 Å². The molecule has 8 aromatic carbocycles. The molecule has 0 radical (unpaired) electrons. The Hall–Kier alpha value is -7.33. The minimum absolute atomic E-state index is 0. The van der Waals surface area contributed by atoms with E-state index in [1.54, 1.807) is 6.07 Å². The van der Waals surface area contributed by atoms with Gasteiger partial charge in [0.1, 0.15) is 5.82 Å². The van der Waals surface area contributed by atoms with Crippen LogP contribution in [0.25, 0.3) is 82.1 Å². The minimum atomic E-state index is -3.58. The Kier molecular flexibility index (Phi) is 9.86. The number of anilines is 2. The number of benzene rings is 8. The van der Waals surface area contributed by atoms with Crippen molar-refractivity contribution in [3.63, 3.8) is 0 Å². The van der Waals surface area contributed by atoms with Crippen LogP contribution < -0.4 is 9.64 Å². The fourth-order valence-electron chi connectivity index (χ4n) is 10.9. The fourth-order valence-corrected chi connectivity index (χ4v) is 10.9. The van der Waals surface area contributed by atoms with Gasteiger partial charge in [0.05, 0.1) is 0 Å². The first-order valence-corrected chi connectivity index (χ1v) is 25.9. The summed E-state index contributed by atoms with van der Waals surface area (Å²) in [7, 11) is 0. The molecular weight excluding hydrogens is 1120 g/mol. The zero-order valence-electron chi connectivity index (χ0n) is 55.8. The third kappa shape index (κ3) is 9.35. The van der Waals surface area contributed by atoms with Crippen molar-refractivity contribution in [1.29, 1.82) is 0 Å². The number of ether oxygens (including phenoxy) is 1. The molecule has 0 fully saturated rings. The Morgan fingerprint density at radius 2 is 1.13 bits per heavy atom. The first-order valence-electron chi connectivity index (χ1n) is 31.4. The molecule has 390 valence electrons. The molecule has 0 unspecified atom stereocenters. The van der Waals surface area contributed by atoms with Crippen molar-refractivity contribution in [3.05, 3.63) is 211 Å². The topological polar surface area (TPSA) is 35.2 Å². The van der Waals surface area contributed by atoms with Gasteiger partial charge in [-0.1, -0.05) is 203 Å². The van der Waals surface area contributed by atoms with E-state index in [0.29, 0.717) is 39.2 Å². The van der Waals surface area contributed by atoms with Crippen LogP contribution in [0.1, 0.15) is 120 Å². The molecule has 1 aliphatic rings. The van der Waals surface area contributed by atoms with Gasteiger partial charge in [-0.2, -0.15) is 12.1 Å². The summed E-state index contributed by atoms with van der Waals surface area (Å²) in [6.07, 6.45) is -0.299. The monoisotopic (exact) mass is 1200 g/mol. The van der Waals surface area contributed by atoms with Crippen molar-refractivity contribution in [2.45, 2.75) is 105 Å². The molecule has 6 heteroatoms. The number of nitrogens with zero attached hydrogens (tertiary/aromatic N) is 4. The van der Waals surface area contributed by atoms with Crippen LogP contribution in [-0.4, -0.2) is 14.1 Å². The number of fused-ring (bicyclic) bond motifs is 10. The molecule has 4 heterocycles. The number of hydrogen-bond donors (Lipinski definition) is 0. The number of aromatic nitrogens is 3. The molecule has 0 amide bonds. The van der Waals surface area contributed by atoms with Gasteiger partial charge in [0.2, 0.25) is 0 Å². The molecule has 0 atom stereocenters. The zero-order valence-corrected chi connectivity index (χ0v) is 47.0. The van der Waals surface area contributed by atoms with Crippen LogP contribution in [-0.2, 0) is 43.7 Å². The van der Waals surface area contributed by atoms with Crippen LogP contribution in [0.3, 0.4) is 0 Å². The normalized spacial score (nSPS) is 15.8. The third-order valence-electron chi connectivity index (χ3n) is 14.5. The van der Waals surface area contributed by atoms with Crippen molar-refractivity contribution in [2.24, 2.45) is 5.41 Å². The van der Waals surface area contributed by atoms with Gasteiger partial charge >= 0.3 is 0 Å². The Morgan fingerprint density at radius 3 is 1.79 bits per heavy atom. The number of pyridine rings is 1. The second-order valence-electron chi connectivity index (χ2n) is 23.3. The molecule has 0 N–H and O–H groups in total. The number of para-hydroxylation sites is 2. The molecule has 3 aromatic heterocycles. The molecule has 5 nitrogen and oxygen atoms in total. The maximum atomic E-state index is 10.2. The van der Waals surface area contributed by atoms with Gasteiger partial charge in [0.25, 0.3) is 0 Å². The summed E-state index contributed by atoms with van der Waals surface area (Å²) in [5.74, 6) is 1.62. The molecule has 11 aromatic rings. The largest absolute Gasteiger partial charge is 0.509 e. The predicted octanol–water partition coefficient (Wildman–Crippen LogP) is 19.4. The van der Waals surface area contributed by atoms with Crippen LogP contribution in [0, 0.1) is 24.2 Å². The van der Waals surface area contributed by atoms with Crippen molar-refractivity contribution in [2.75, 3.05) is 4.90 Å². The molecule has 0 bridgehead atoms. The average Bonchev–Trinajstić information content (AvgIpc) is 0.998. The van der Waals surface area contributed by atoms with Crippen LogP contribution in [0.2, 0.25) is 0 Å². The van der Waals surface area contributed by atoms with E-state index >= 15 is 0 Å². The molecule has 0 saturated heterocycles. The van der Waals surface area contributed by atoms with Gasteiger partial charge in [-0.05, 0) is 141 Å². The Balaban J connectivity index is 0.00000800. The molecule has 0 spiro atoms. The summed E-state index contributed by atoms with van der Waals surface area (Å²) in [6, 6.07) is 59.8. The van der Waals surface area contributed by atoms with E-state index in [4.69, 9.17) is 22.1 Å². The Bertz CT molecular complexity index is 4630. The molecule has 0 saturated carbocycles. The van der Waals surface area contributed by atoms with Crippen LogP contribution in [0.4, 0.5) is 11.4 Å².